The molecule has 1 atom stereocenters. The molecule has 1 unspecified atom stereocenters. The molecule has 1 saturated heterocycles. The Bertz CT molecular complexity index is 237. The molecule has 10 heteroatoms. The van der Waals surface area contributed by atoms with Gasteiger partial charge < -0.3 is 16.4 Å². The largest absolute Gasteiger partial charge is 0.352 e. The van der Waals surface area contributed by atoms with Crippen molar-refractivity contribution in [3.63, 3.8) is 0 Å². The van der Waals surface area contributed by atoms with Gasteiger partial charge in [-0.05, 0) is 0 Å². The molecule has 1 aliphatic rings. The van der Waals surface area contributed by atoms with Crippen molar-refractivity contribution in [2.24, 2.45) is 5.73 Å². The molecule has 0 aliphatic carbocycles. The normalized spacial score (nSPS) is 18.0. The minimum absolute atomic E-state index is 0. The molecule has 0 bridgehead atoms. The van der Waals surface area contributed by atoms with E-state index in [9.17, 15) is 14.4 Å². The van der Waals surface area contributed by atoms with Gasteiger partial charge in [0.2, 0.25) is 0 Å². The van der Waals surface area contributed by atoms with Gasteiger partial charge in [0.15, 0.2) is 23.5 Å². The SMILES string of the molecule is NC(=O)NC1NC(=O)NC1=O.OCl.[AlH3]. The number of imide groups is 1. The van der Waals surface area contributed by atoms with Gasteiger partial charge in [0.05, 0.1) is 11.9 Å². The molecule has 80 valence electrons. The number of nitrogens with two attached hydrogens (primary N) is 1. The van der Waals surface area contributed by atoms with E-state index in [4.69, 9.17) is 10.4 Å². The molecule has 1 aliphatic heterocycles. The Morgan fingerprint density at radius 2 is 2.00 bits per heavy atom. The lowest BCUT2D eigenvalue weighted by atomic mass is 10.5. The molecule has 0 aromatic rings. The summed E-state index contributed by atoms with van der Waals surface area (Å²) in [6.45, 7) is 0. The molecule has 8 nitrogen and oxygen atoms in total. The van der Waals surface area contributed by atoms with E-state index < -0.39 is 24.1 Å². The standard InChI is InChI=1S/C4H6N4O3.Al.ClHO.3H/c5-3(10)6-1-2(9)8-4(11)7-1;;1-2;;;/h1H,(H3,5,6,10)(H2,7,8,9,11);;2H;;;. The average Bonchev–Trinajstić information content (AvgIpc) is 2.33. The van der Waals surface area contributed by atoms with E-state index in [2.05, 4.69) is 17.2 Å². The third-order valence-electron chi connectivity index (χ3n) is 1.06. The second kappa shape index (κ2) is 7.40. The number of amides is 5. The Morgan fingerprint density at radius 3 is 2.29 bits per heavy atom. The van der Waals surface area contributed by atoms with Crippen LogP contribution in [0.5, 0.6) is 0 Å². The summed E-state index contributed by atoms with van der Waals surface area (Å²) in [7, 11) is 0. The number of hydrogen-bond donors (Lipinski definition) is 5. The van der Waals surface area contributed by atoms with E-state index in [1.165, 1.54) is 0 Å². The van der Waals surface area contributed by atoms with Crippen LogP contribution in [0.25, 0.3) is 0 Å². The van der Waals surface area contributed by atoms with E-state index in [-0.39, 0.29) is 17.4 Å². The molecule has 1 fully saturated rings. The van der Waals surface area contributed by atoms with Crippen molar-refractivity contribution in [2.45, 2.75) is 6.17 Å². The predicted octanol–water partition coefficient (Wildman–Crippen LogP) is -3.23. The summed E-state index contributed by atoms with van der Waals surface area (Å²) in [5, 5.41) is 6.05. The lowest BCUT2D eigenvalue weighted by molar-refractivity contribution is -0.120. The third-order valence-corrected chi connectivity index (χ3v) is 1.06. The van der Waals surface area contributed by atoms with Crippen molar-refractivity contribution >= 4 is 47.2 Å². The Labute approximate surface area is 94.5 Å². The Kier molecular flexibility index (Phi) is 8.18. The molecular weight excluding hydrogens is 231 g/mol. The Balaban J connectivity index is 0. The fourth-order valence-corrected chi connectivity index (χ4v) is 0.661. The van der Waals surface area contributed by atoms with E-state index in [0.717, 1.165) is 0 Å². The van der Waals surface area contributed by atoms with Crippen molar-refractivity contribution in [1.29, 1.82) is 0 Å². The molecule has 0 saturated carbocycles. The summed E-state index contributed by atoms with van der Waals surface area (Å²) in [4.78, 5) is 31.3. The molecule has 0 aromatic carbocycles. The first kappa shape index (κ1) is 15.5. The van der Waals surface area contributed by atoms with Gasteiger partial charge in [-0.1, -0.05) is 0 Å². The number of nitrogens with one attached hydrogen (secondary N) is 3. The second-order valence-corrected chi connectivity index (χ2v) is 1.90. The highest BCUT2D eigenvalue weighted by molar-refractivity contribution is 6.05. The van der Waals surface area contributed by atoms with Gasteiger partial charge in [-0.25, -0.2) is 9.59 Å². The fraction of sp³-hybridized carbons (Fsp3) is 0.250. The van der Waals surface area contributed by atoms with Crippen LogP contribution in [0, 0.1) is 0 Å². The maximum Gasteiger partial charge on any atom is 0.323 e. The highest BCUT2D eigenvalue weighted by Crippen LogP contribution is 1.86. The van der Waals surface area contributed by atoms with Crippen molar-refractivity contribution in [2.75, 3.05) is 0 Å². The van der Waals surface area contributed by atoms with E-state index >= 15 is 0 Å². The number of hydrogen-bond acceptors (Lipinski definition) is 4. The topological polar surface area (TPSA) is 134 Å². The van der Waals surface area contributed by atoms with Gasteiger partial charge in [-0.2, -0.15) is 0 Å². The van der Waals surface area contributed by atoms with Crippen LogP contribution in [0.2, 0.25) is 0 Å². The molecule has 0 radical (unpaired) electrons. The summed E-state index contributed by atoms with van der Waals surface area (Å²) in [5.74, 6) is -0.617. The molecule has 14 heavy (non-hydrogen) atoms. The highest BCUT2D eigenvalue weighted by atomic mass is 35.5. The monoisotopic (exact) mass is 240 g/mol. The lowest BCUT2D eigenvalue weighted by Crippen LogP contribution is -2.48. The van der Waals surface area contributed by atoms with E-state index in [1.54, 1.807) is 0 Å². The van der Waals surface area contributed by atoms with Crippen LogP contribution < -0.4 is 21.7 Å². The van der Waals surface area contributed by atoms with Gasteiger partial charge in [0.25, 0.3) is 5.91 Å². The summed E-state index contributed by atoms with van der Waals surface area (Å²) in [6, 6.07) is -1.51. The molecule has 1 heterocycles. The zero-order valence-electron chi connectivity index (χ0n) is 6.20. The molecule has 0 spiro atoms. The highest BCUT2D eigenvalue weighted by Gasteiger charge is 2.29. The maximum absolute atomic E-state index is 10.7. The first-order valence-corrected chi connectivity index (χ1v) is 3.27. The van der Waals surface area contributed by atoms with Gasteiger partial charge in [0, 0.05) is 0 Å². The zero-order valence-corrected chi connectivity index (χ0v) is 6.96. The Hall–Kier alpha value is -1.01. The van der Waals surface area contributed by atoms with Crippen LogP contribution in [0.15, 0.2) is 0 Å². The summed E-state index contributed by atoms with van der Waals surface area (Å²) < 4.78 is 6.47. The van der Waals surface area contributed by atoms with Gasteiger partial charge in [-0.3, -0.25) is 14.8 Å². The number of halogens is 1. The van der Waals surface area contributed by atoms with Crippen LogP contribution in [0.3, 0.4) is 0 Å². The lowest BCUT2D eigenvalue weighted by Gasteiger charge is -2.05. The van der Waals surface area contributed by atoms with Crippen molar-refractivity contribution in [1.82, 2.24) is 16.0 Å². The van der Waals surface area contributed by atoms with Gasteiger partial charge in [0.1, 0.15) is 0 Å². The fourth-order valence-electron chi connectivity index (χ4n) is 0.661. The third kappa shape index (κ3) is 4.88. The smallest absolute Gasteiger partial charge is 0.323 e. The minimum Gasteiger partial charge on any atom is -0.352 e. The molecule has 6 N–H and O–H groups in total. The number of carbonyl (C=O) groups excluding carboxylic acids is 3. The molecule has 0 aromatic heterocycles. The Morgan fingerprint density at radius 1 is 1.50 bits per heavy atom. The van der Waals surface area contributed by atoms with Crippen LogP contribution in [0.1, 0.15) is 0 Å². The first-order valence-electron chi connectivity index (χ1n) is 2.94. The quantitative estimate of drug-likeness (QED) is 0.243. The molecule has 1 rings (SSSR count). The first-order chi connectivity index (χ1) is 6.09. The second-order valence-electron chi connectivity index (χ2n) is 1.90. The zero-order chi connectivity index (χ0) is 10.4. The van der Waals surface area contributed by atoms with Gasteiger partial charge in [-0.15, -0.1) is 0 Å². The van der Waals surface area contributed by atoms with E-state index in [1.807, 2.05) is 10.6 Å². The van der Waals surface area contributed by atoms with Gasteiger partial charge >= 0.3 is 12.1 Å². The van der Waals surface area contributed by atoms with Crippen molar-refractivity contribution < 1.29 is 19.0 Å². The number of carbonyl (C=O) groups is 3. The van der Waals surface area contributed by atoms with Crippen LogP contribution in [-0.4, -0.2) is 46.2 Å². The summed E-state index contributed by atoms with van der Waals surface area (Å²) >= 11 is 3.64. The molecular formula is C4H10AlClN4O4. The maximum atomic E-state index is 10.7. The number of urea groups is 2. The number of rotatable bonds is 1. The summed E-state index contributed by atoms with van der Waals surface area (Å²) in [5.41, 5.74) is 4.70. The predicted molar refractivity (Wildman–Crippen MR) is 51.2 cm³/mol. The van der Waals surface area contributed by atoms with Crippen LogP contribution in [-0.2, 0) is 4.79 Å². The molecule has 5 amide bonds. The van der Waals surface area contributed by atoms with Crippen LogP contribution >= 0.6 is 11.9 Å². The minimum atomic E-state index is -1.04. The van der Waals surface area contributed by atoms with Crippen molar-refractivity contribution in [3.8, 4) is 0 Å². The van der Waals surface area contributed by atoms with E-state index in [0.29, 0.717) is 0 Å². The van der Waals surface area contributed by atoms with Crippen molar-refractivity contribution in [3.05, 3.63) is 0 Å². The average molecular weight is 241 g/mol. The number of primary amides is 1. The summed E-state index contributed by atoms with van der Waals surface area (Å²) in [6.07, 6.45) is -1.04. The van der Waals surface area contributed by atoms with Crippen LogP contribution in [0.4, 0.5) is 9.59 Å².